The van der Waals surface area contributed by atoms with Crippen molar-refractivity contribution in [3.05, 3.63) is 29.1 Å². The number of pyridine rings is 1. The molecule has 0 amide bonds. The third-order valence-corrected chi connectivity index (χ3v) is 2.60. The van der Waals surface area contributed by atoms with Gasteiger partial charge in [0.05, 0.1) is 0 Å². The summed E-state index contributed by atoms with van der Waals surface area (Å²) in [5.74, 6) is 0.882. The van der Waals surface area contributed by atoms with Crippen molar-refractivity contribution >= 4 is 5.78 Å². The normalized spacial score (nSPS) is 11.1. The predicted molar refractivity (Wildman–Crippen MR) is 62.4 cm³/mol. The summed E-state index contributed by atoms with van der Waals surface area (Å²) >= 11 is 0. The van der Waals surface area contributed by atoms with Crippen LogP contribution in [-0.4, -0.2) is 10.8 Å². The molecule has 2 nitrogen and oxygen atoms in total. The summed E-state index contributed by atoms with van der Waals surface area (Å²) in [7, 11) is 0. The average molecular weight is 205 g/mol. The van der Waals surface area contributed by atoms with Gasteiger partial charge in [0, 0.05) is 18.0 Å². The van der Waals surface area contributed by atoms with E-state index < -0.39 is 0 Å². The number of hydrogen-bond donors (Lipinski definition) is 0. The number of aromatic nitrogens is 1. The zero-order valence-electron chi connectivity index (χ0n) is 10.2. The molecule has 1 rings (SSSR count). The molecule has 0 aliphatic heterocycles. The molecule has 0 aliphatic carbocycles. The lowest BCUT2D eigenvalue weighted by Crippen LogP contribution is -2.08. The first-order valence-electron chi connectivity index (χ1n) is 5.43. The van der Waals surface area contributed by atoms with Gasteiger partial charge in [0.2, 0.25) is 0 Å². The number of carbonyl (C=O) groups is 1. The zero-order valence-corrected chi connectivity index (χ0v) is 10.2. The van der Waals surface area contributed by atoms with Crippen LogP contribution in [0.2, 0.25) is 0 Å². The van der Waals surface area contributed by atoms with Crippen molar-refractivity contribution in [3.63, 3.8) is 0 Å². The van der Waals surface area contributed by atoms with E-state index in [1.54, 1.807) is 13.1 Å². The van der Waals surface area contributed by atoms with Crippen LogP contribution in [0.1, 0.15) is 67.9 Å². The Balaban J connectivity index is 3.42. The van der Waals surface area contributed by atoms with Crippen molar-refractivity contribution in [2.75, 3.05) is 0 Å². The third-order valence-electron chi connectivity index (χ3n) is 2.60. The van der Waals surface area contributed by atoms with Gasteiger partial charge in [-0.05, 0) is 29.9 Å². The smallest absolute Gasteiger partial charge is 0.161 e. The van der Waals surface area contributed by atoms with Crippen LogP contribution in [-0.2, 0) is 0 Å². The van der Waals surface area contributed by atoms with E-state index in [0.717, 1.165) is 11.1 Å². The Hall–Kier alpha value is -1.18. The van der Waals surface area contributed by atoms with E-state index >= 15 is 0 Å². The van der Waals surface area contributed by atoms with Gasteiger partial charge in [-0.3, -0.25) is 9.78 Å². The van der Waals surface area contributed by atoms with E-state index in [-0.39, 0.29) is 5.78 Å². The van der Waals surface area contributed by atoms with Crippen LogP contribution >= 0.6 is 0 Å². The molecular weight excluding hydrogens is 186 g/mol. The summed E-state index contributed by atoms with van der Waals surface area (Å²) in [5.41, 5.74) is 3.13. The SMILES string of the molecule is CC(=O)c1cncc(C(C)C)c1C(C)C. The molecule has 82 valence electrons. The van der Waals surface area contributed by atoms with Gasteiger partial charge in [-0.15, -0.1) is 0 Å². The van der Waals surface area contributed by atoms with Crippen molar-refractivity contribution in [1.82, 2.24) is 4.98 Å². The highest BCUT2D eigenvalue weighted by Crippen LogP contribution is 2.28. The van der Waals surface area contributed by atoms with Gasteiger partial charge in [-0.2, -0.15) is 0 Å². The average Bonchev–Trinajstić information content (AvgIpc) is 2.16. The molecule has 2 heteroatoms. The molecule has 0 spiro atoms. The second-order valence-electron chi connectivity index (χ2n) is 4.56. The molecular formula is C13H19NO. The van der Waals surface area contributed by atoms with Crippen LogP contribution in [0.25, 0.3) is 0 Å². The first-order chi connectivity index (χ1) is 6.95. The van der Waals surface area contributed by atoms with Crippen molar-refractivity contribution in [1.29, 1.82) is 0 Å². The molecule has 0 N–H and O–H groups in total. The first-order valence-corrected chi connectivity index (χ1v) is 5.43. The van der Waals surface area contributed by atoms with E-state index in [4.69, 9.17) is 0 Å². The monoisotopic (exact) mass is 205 g/mol. The predicted octanol–water partition coefficient (Wildman–Crippen LogP) is 3.53. The van der Waals surface area contributed by atoms with Gasteiger partial charge >= 0.3 is 0 Å². The van der Waals surface area contributed by atoms with E-state index in [1.165, 1.54) is 5.56 Å². The summed E-state index contributed by atoms with van der Waals surface area (Å²) < 4.78 is 0. The maximum atomic E-state index is 11.5. The third kappa shape index (κ3) is 2.44. The molecule has 0 fully saturated rings. The fraction of sp³-hybridized carbons (Fsp3) is 0.538. The standard InChI is InChI=1S/C13H19NO/c1-8(2)11-6-14-7-12(10(5)15)13(11)9(3)4/h6-9H,1-5H3. The van der Waals surface area contributed by atoms with Gasteiger partial charge in [-0.1, -0.05) is 27.7 Å². The molecule has 15 heavy (non-hydrogen) atoms. The van der Waals surface area contributed by atoms with Crippen molar-refractivity contribution in [2.45, 2.75) is 46.5 Å². The molecule has 0 radical (unpaired) electrons. The Morgan fingerprint density at radius 2 is 1.73 bits per heavy atom. The second kappa shape index (κ2) is 4.56. The number of hydrogen-bond acceptors (Lipinski definition) is 2. The molecule has 0 bridgehead atoms. The minimum Gasteiger partial charge on any atom is -0.294 e. The van der Waals surface area contributed by atoms with Crippen LogP contribution in [0, 0.1) is 0 Å². The van der Waals surface area contributed by atoms with E-state index in [2.05, 4.69) is 32.7 Å². The minimum atomic E-state index is 0.105. The molecule has 1 heterocycles. The van der Waals surface area contributed by atoms with Crippen LogP contribution in [0.3, 0.4) is 0 Å². The van der Waals surface area contributed by atoms with E-state index in [9.17, 15) is 4.79 Å². The second-order valence-corrected chi connectivity index (χ2v) is 4.56. The quantitative estimate of drug-likeness (QED) is 0.706. The lowest BCUT2D eigenvalue weighted by molar-refractivity contribution is 0.101. The summed E-state index contributed by atoms with van der Waals surface area (Å²) in [6.07, 6.45) is 3.57. The maximum Gasteiger partial charge on any atom is 0.161 e. The highest BCUT2D eigenvalue weighted by molar-refractivity contribution is 5.95. The summed E-state index contributed by atoms with van der Waals surface area (Å²) in [4.78, 5) is 15.7. The van der Waals surface area contributed by atoms with E-state index in [1.807, 2.05) is 6.20 Å². The summed E-state index contributed by atoms with van der Waals surface area (Å²) in [6, 6.07) is 0. The fourth-order valence-corrected chi connectivity index (χ4v) is 1.87. The number of ketones is 1. The fourth-order valence-electron chi connectivity index (χ4n) is 1.87. The Morgan fingerprint density at radius 3 is 2.13 bits per heavy atom. The minimum absolute atomic E-state index is 0.105. The molecule has 0 aromatic carbocycles. The lowest BCUT2D eigenvalue weighted by Gasteiger charge is -2.18. The summed E-state index contributed by atoms with van der Waals surface area (Å²) in [6.45, 7) is 10.1. The van der Waals surface area contributed by atoms with E-state index in [0.29, 0.717) is 11.8 Å². The largest absolute Gasteiger partial charge is 0.294 e. The molecule has 0 atom stereocenters. The molecule has 0 aliphatic rings. The van der Waals surface area contributed by atoms with Gasteiger partial charge < -0.3 is 0 Å². The van der Waals surface area contributed by atoms with Crippen LogP contribution in [0.15, 0.2) is 12.4 Å². The van der Waals surface area contributed by atoms with Gasteiger partial charge in [0.1, 0.15) is 0 Å². The van der Waals surface area contributed by atoms with Gasteiger partial charge in [-0.25, -0.2) is 0 Å². The molecule has 0 saturated carbocycles. The molecule has 0 unspecified atom stereocenters. The zero-order chi connectivity index (χ0) is 11.6. The van der Waals surface area contributed by atoms with Crippen LogP contribution in [0.4, 0.5) is 0 Å². The molecule has 0 saturated heterocycles. The highest BCUT2D eigenvalue weighted by Gasteiger charge is 2.16. The first kappa shape index (κ1) is 11.9. The van der Waals surface area contributed by atoms with Gasteiger partial charge in [0.15, 0.2) is 5.78 Å². The van der Waals surface area contributed by atoms with Crippen molar-refractivity contribution < 1.29 is 4.79 Å². The highest BCUT2D eigenvalue weighted by atomic mass is 16.1. The number of rotatable bonds is 3. The van der Waals surface area contributed by atoms with Crippen LogP contribution in [0.5, 0.6) is 0 Å². The van der Waals surface area contributed by atoms with Crippen molar-refractivity contribution in [3.8, 4) is 0 Å². The molecule has 1 aromatic rings. The number of carbonyl (C=O) groups excluding carboxylic acids is 1. The Bertz CT molecular complexity index is 367. The Kier molecular flexibility index (Phi) is 3.61. The van der Waals surface area contributed by atoms with Gasteiger partial charge in [0.25, 0.3) is 0 Å². The Labute approximate surface area is 91.7 Å². The number of Topliss-reactive ketones (excluding diaryl/α,β-unsaturated/α-hetero) is 1. The van der Waals surface area contributed by atoms with Crippen molar-refractivity contribution in [2.24, 2.45) is 0 Å². The van der Waals surface area contributed by atoms with Crippen LogP contribution < -0.4 is 0 Å². The topological polar surface area (TPSA) is 30.0 Å². The molecule has 1 aromatic heterocycles. The number of nitrogens with zero attached hydrogens (tertiary/aromatic N) is 1. The Morgan fingerprint density at radius 1 is 1.13 bits per heavy atom. The maximum absolute atomic E-state index is 11.5. The summed E-state index contributed by atoms with van der Waals surface area (Å²) in [5, 5.41) is 0. The lowest BCUT2D eigenvalue weighted by atomic mass is 9.88.